The lowest BCUT2D eigenvalue weighted by Crippen LogP contribution is -2.41. The Kier molecular flexibility index (Phi) is 5.45. The molecule has 1 amide bonds. The van der Waals surface area contributed by atoms with Gasteiger partial charge >= 0.3 is 0 Å². The summed E-state index contributed by atoms with van der Waals surface area (Å²) in [5, 5.41) is 0. The smallest absolute Gasteiger partial charge is 0.247 e. The third kappa shape index (κ3) is 3.79. The molecular formula is C16H19Br2N3O. The second kappa shape index (κ2) is 6.96. The fourth-order valence-electron chi connectivity index (χ4n) is 2.45. The van der Waals surface area contributed by atoms with Crippen LogP contribution in [-0.2, 0) is 4.79 Å². The number of halogens is 2. The van der Waals surface area contributed by atoms with E-state index >= 15 is 0 Å². The lowest BCUT2D eigenvalue weighted by Gasteiger charge is -2.29. The van der Waals surface area contributed by atoms with Gasteiger partial charge < -0.3 is 9.88 Å². The molecule has 1 aromatic carbocycles. The summed E-state index contributed by atoms with van der Waals surface area (Å²) in [6.07, 6.45) is 3.30. The van der Waals surface area contributed by atoms with Crippen molar-refractivity contribution in [3.8, 4) is 0 Å². The molecule has 22 heavy (non-hydrogen) atoms. The van der Waals surface area contributed by atoms with Gasteiger partial charge in [-0.25, -0.2) is 4.98 Å². The van der Waals surface area contributed by atoms with Crippen molar-refractivity contribution < 1.29 is 4.79 Å². The highest BCUT2D eigenvalue weighted by atomic mass is 79.9. The first kappa shape index (κ1) is 17.2. The van der Waals surface area contributed by atoms with E-state index in [2.05, 4.69) is 41.8 Å². The summed E-state index contributed by atoms with van der Waals surface area (Å²) in [5.41, 5.74) is 1.78. The Labute approximate surface area is 147 Å². The zero-order chi connectivity index (χ0) is 16.4. The average molecular weight is 429 g/mol. The summed E-state index contributed by atoms with van der Waals surface area (Å²) in [5.74, 6) is 0.661. The number of aromatic nitrogens is 2. The first-order chi connectivity index (χ1) is 10.3. The van der Waals surface area contributed by atoms with Crippen LogP contribution in [0, 0.1) is 0 Å². The predicted molar refractivity (Wildman–Crippen MR) is 97.6 cm³/mol. The second-order valence-electron chi connectivity index (χ2n) is 5.67. The maximum Gasteiger partial charge on any atom is 0.247 e. The molecule has 0 spiro atoms. The number of rotatable bonds is 4. The van der Waals surface area contributed by atoms with Crippen molar-refractivity contribution in [3.05, 3.63) is 33.0 Å². The molecule has 0 unspecified atom stereocenters. The molecule has 2 aromatic rings. The molecule has 1 heterocycles. The van der Waals surface area contributed by atoms with Gasteiger partial charge in [0, 0.05) is 27.1 Å². The van der Waals surface area contributed by atoms with Gasteiger partial charge in [0.2, 0.25) is 5.91 Å². The molecule has 1 aromatic heterocycles. The molecule has 6 heteroatoms. The number of hydrogen-bond donors (Lipinski definition) is 1. The van der Waals surface area contributed by atoms with Gasteiger partial charge in [0.1, 0.15) is 5.82 Å². The van der Waals surface area contributed by atoms with E-state index in [0.717, 1.165) is 20.0 Å². The Morgan fingerprint density at radius 2 is 1.77 bits per heavy atom. The lowest BCUT2D eigenvalue weighted by atomic mass is 10.2. The summed E-state index contributed by atoms with van der Waals surface area (Å²) < 4.78 is 1.91. The van der Waals surface area contributed by atoms with Crippen LogP contribution in [0.1, 0.15) is 33.5 Å². The number of hydrogen-bond acceptors (Lipinski definition) is 2. The van der Waals surface area contributed by atoms with Gasteiger partial charge in [0.05, 0.1) is 11.0 Å². The van der Waals surface area contributed by atoms with E-state index < -0.39 is 0 Å². The van der Waals surface area contributed by atoms with Crippen LogP contribution in [0.4, 0.5) is 0 Å². The largest absolute Gasteiger partial charge is 0.338 e. The Hall–Kier alpha value is -1.14. The second-order valence-corrected chi connectivity index (χ2v) is 7.38. The molecule has 118 valence electrons. The molecule has 4 nitrogen and oxygen atoms in total. The van der Waals surface area contributed by atoms with E-state index in [4.69, 9.17) is 0 Å². The number of nitrogens with zero attached hydrogens (tertiary/aromatic N) is 2. The van der Waals surface area contributed by atoms with Crippen LogP contribution in [0.25, 0.3) is 17.1 Å². The Balaban J connectivity index is 2.24. The van der Waals surface area contributed by atoms with Crippen molar-refractivity contribution in [1.29, 1.82) is 0 Å². The molecule has 0 fully saturated rings. The molecule has 0 bridgehead atoms. The van der Waals surface area contributed by atoms with Crippen molar-refractivity contribution in [2.24, 2.45) is 0 Å². The number of imidazole rings is 1. The zero-order valence-electron chi connectivity index (χ0n) is 13.0. The number of nitrogens with one attached hydrogen (secondary N) is 1. The summed E-state index contributed by atoms with van der Waals surface area (Å²) >= 11 is 6.92. The molecule has 0 saturated carbocycles. The third-order valence-corrected chi connectivity index (χ3v) is 5.14. The number of aromatic amines is 1. The highest BCUT2D eigenvalue weighted by Gasteiger charge is 2.17. The van der Waals surface area contributed by atoms with Crippen LogP contribution < -0.4 is 0 Å². The fraction of sp³-hybridized carbons (Fsp3) is 0.375. The molecular weight excluding hydrogens is 410 g/mol. The molecule has 0 aliphatic carbocycles. The van der Waals surface area contributed by atoms with Gasteiger partial charge in [-0.3, -0.25) is 4.79 Å². The number of benzene rings is 1. The zero-order valence-corrected chi connectivity index (χ0v) is 16.2. The standard InChI is InChI=1S/C16H19Br2N3O/c1-9(2)21(10(3)4)16(22)6-5-15-19-13-7-11(17)12(18)8-14(13)20-15/h5-10H,1-4H3,(H,19,20). The molecule has 2 rings (SSSR count). The minimum Gasteiger partial charge on any atom is -0.338 e. The molecule has 0 aliphatic rings. The van der Waals surface area contributed by atoms with Crippen molar-refractivity contribution in [2.45, 2.75) is 39.8 Å². The maximum atomic E-state index is 12.3. The van der Waals surface area contributed by atoms with Crippen molar-refractivity contribution in [2.75, 3.05) is 0 Å². The molecule has 0 radical (unpaired) electrons. The monoisotopic (exact) mass is 427 g/mol. The summed E-state index contributed by atoms with van der Waals surface area (Å²) in [4.78, 5) is 21.8. The minimum atomic E-state index is -0.00665. The number of amides is 1. The Bertz CT molecular complexity index is 672. The molecule has 0 aliphatic heterocycles. The van der Waals surface area contributed by atoms with Crippen molar-refractivity contribution in [3.63, 3.8) is 0 Å². The van der Waals surface area contributed by atoms with Gasteiger partial charge in [-0.05, 0) is 77.8 Å². The number of H-pyrrole nitrogens is 1. The third-order valence-electron chi connectivity index (χ3n) is 3.29. The van der Waals surface area contributed by atoms with Gasteiger partial charge in [0.15, 0.2) is 0 Å². The van der Waals surface area contributed by atoms with E-state index in [-0.39, 0.29) is 18.0 Å². The summed E-state index contributed by atoms with van der Waals surface area (Å²) in [7, 11) is 0. The van der Waals surface area contributed by atoms with Gasteiger partial charge in [-0.1, -0.05) is 0 Å². The van der Waals surface area contributed by atoms with Crippen LogP contribution in [-0.4, -0.2) is 32.9 Å². The fourth-order valence-corrected chi connectivity index (χ4v) is 3.12. The topological polar surface area (TPSA) is 49.0 Å². The lowest BCUT2D eigenvalue weighted by molar-refractivity contribution is -0.129. The Morgan fingerprint density at radius 1 is 1.18 bits per heavy atom. The quantitative estimate of drug-likeness (QED) is 0.714. The van der Waals surface area contributed by atoms with Gasteiger partial charge in [-0.15, -0.1) is 0 Å². The van der Waals surface area contributed by atoms with Gasteiger partial charge in [-0.2, -0.15) is 0 Å². The van der Waals surface area contributed by atoms with Crippen LogP contribution >= 0.6 is 31.9 Å². The maximum absolute atomic E-state index is 12.3. The number of fused-ring (bicyclic) bond motifs is 1. The molecule has 1 N–H and O–H groups in total. The van der Waals surface area contributed by atoms with Gasteiger partial charge in [0.25, 0.3) is 0 Å². The SMILES string of the molecule is CC(C)N(C(=O)C=Cc1nc2cc(Br)c(Br)cc2[nH]1)C(C)C. The Morgan fingerprint density at radius 3 is 2.36 bits per heavy atom. The number of carbonyl (C=O) groups excluding carboxylic acids is 1. The van der Waals surface area contributed by atoms with Crippen LogP contribution in [0.2, 0.25) is 0 Å². The van der Waals surface area contributed by atoms with E-state index in [1.807, 2.05) is 44.7 Å². The van der Waals surface area contributed by atoms with Crippen molar-refractivity contribution in [1.82, 2.24) is 14.9 Å². The first-order valence-electron chi connectivity index (χ1n) is 7.14. The highest BCUT2D eigenvalue weighted by Crippen LogP contribution is 2.27. The van der Waals surface area contributed by atoms with Crippen LogP contribution in [0.3, 0.4) is 0 Å². The van der Waals surface area contributed by atoms with E-state index in [9.17, 15) is 4.79 Å². The van der Waals surface area contributed by atoms with E-state index in [1.165, 1.54) is 0 Å². The van der Waals surface area contributed by atoms with E-state index in [1.54, 1.807) is 12.2 Å². The number of carbonyl (C=O) groups is 1. The molecule has 0 saturated heterocycles. The molecule has 0 atom stereocenters. The predicted octanol–water partition coefficient (Wildman–Crippen LogP) is 4.75. The summed E-state index contributed by atoms with van der Waals surface area (Å²) in [6, 6.07) is 4.23. The minimum absolute atomic E-state index is 0.00665. The highest BCUT2D eigenvalue weighted by molar-refractivity contribution is 9.13. The first-order valence-corrected chi connectivity index (χ1v) is 8.73. The van der Waals surface area contributed by atoms with Crippen LogP contribution in [0.5, 0.6) is 0 Å². The van der Waals surface area contributed by atoms with Crippen molar-refractivity contribution >= 4 is 54.9 Å². The van der Waals surface area contributed by atoms with E-state index in [0.29, 0.717) is 5.82 Å². The average Bonchev–Trinajstić information content (AvgIpc) is 2.78. The summed E-state index contributed by atoms with van der Waals surface area (Å²) in [6.45, 7) is 8.06. The normalized spacial score (nSPS) is 12.0. The van der Waals surface area contributed by atoms with Crippen LogP contribution in [0.15, 0.2) is 27.2 Å².